The monoisotopic (exact) mass is 361 g/mol. The summed E-state index contributed by atoms with van der Waals surface area (Å²) in [5.41, 5.74) is 0.754. The normalized spacial score (nSPS) is 19.0. The van der Waals surface area contributed by atoms with E-state index in [2.05, 4.69) is 17.1 Å². The molecule has 0 aromatic carbocycles. The van der Waals surface area contributed by atoms with E-state index in [9.17, 15) is 4.79 Å². The molecule has 1 saturated heterocycles. The van der Waals surface area contributed by atoms with Gasteiger partial charge in [-0.15, -0.1) is 11.8 Å². The second-order valence-electron chi connectivity index (χ2n) is 7.23. The third-order valence-electron chi connectivity index (χ3n) is 5.15. The number of nitrogens with one attached hydrogen (secondary N) is 1. The lowest BCUT2D eigenvalue weighted by molar-refractivity contribution is 0.0924. The van der Waals surface area contributed by atoms with E-state index in [1.165, 1.54) is 38.5 Å². The Hall–Kier alpha value is -1.23. The number of hydrogen-bond acceptors (Lipinski definition) is 4. The number of aromatic nitrogens is 1. The van der Waals surface area contributed by atoms with Crippen molar-refractivity contribution in [2.24, 2.45) is 0 Å². The summed E-state index contributed by atoms with van der Waals surface area (Å²) in [4.78, 5) is 20.0. The number of pyridine rings is 1. The zero-order valence-corrected chi connectivity index (χ0v) is 16.2. The largest absolute Gasteiger partial charge is 0.357 e. The Morgan fingerprint density at radius 3 is 2.60 bits per heavy atom. The molecular weight excluding hydrogens is 330 g/mol. The van der Waals surface area contributed by atoms with Gasteiger partial charge < -0.3 is 10.2 Å². The van der Waals surface area contributed by atoms with Gasteiger partial charge >= 0.3 is 0 Å². The van der Waals surface area contributed by atoms with Crippen LogP contribution in [-0.2, 0) is 0 Å². The predicted octanol–water partition coefficient (Wildman–Crippen LogP) is 4.64. The van der Waals surface area contributed by atoms with Gasteiger partial charge in [0.2, 0.25) is 0 Å². The molecule has 0 radical (unpaired) electrons. The summed E-state index contributed by atoms with van der Waals surface area (Å²) in [7, 11) is 0. The fourth-order valence-corrected chi connectivity index (χ4v) is 4.59. The molecule has 0 spiro atoms. The quantitative estimate of drug-likeness (QED) is 0.750. The van der Waals surface area contributed by atoms with E-state index < -0.39 is 0 Å². The molecule has 138 valence electrons. The first-order valence-corrected chi connectivity index (χ1v) is 11.0. The number of rotatable bonds is 6. The van der Waals surface area contributed by atoms with Crippen molar-refractivity contribution in [3.05, 3.63) is 17.7 Å². The number of hydrogen-bond donors (Lipinski definition) is 1. The standard InChI is InChI=1S/C20H31N3OS/c1-2-15-25-20-17(19(24)21-16-9-5-3-6-10-16)11-12-18(22-20)23-13-7-4-8-14-23/h11-12,16H,2-10,13-15H2,1H3,(H,21,24). The third-order valence-corrected chi connectivity index (χ3v) is 6.35. The SMILES string of the molecule is CCCSc1nc(N2CCCCC2)ccc1C(=O)NC1CCCCC1. The van der Waals surface area contributed by atoms with Crippen molar-refractivity contribution in [3.63, 3.8) is 0 Å². The Kier molecular flexibility index (Phi) is 7.02. The minimum Gasteiger partial charge on any atom is -0.357 e. The molecule has 0 atom stereocenters. The number of amides is 1. The number of thioether (sulfide) groups is 1. The van der Waals surface area contributed by atoms with Gasteiger partial charge in [-0.25, -0.2) is 4.98 Å². The minimum atomic E-state index is 0.0585. The number of anilines is 1. The Bertz CT molecular complexity index is 566. The molecule has 1 aromatic rings. The lowest BCUT2D eigenvalue weighted by atomic mass is 9.95. The van der Waals surface area contributed by atoms with Gasteiger partial charge in [0.1, 0.15) is 10.8 Å². The summed E-state index contributed by atoms with van der Waals surface area (Å²) in [5, 5.41) is 4.15. The molecule has 2 heterocycles. The maximum atomic E-state index is 12.8. The predicted molar refractivity (Wildman–Crippen MR) is 106 cm³/mol. The molecule has 25 heavy (non-hydrogen) atoms. The van der Waals surface area contributed by atoms with Gasteiger partial charge in [0, 0.05) is 19.1 Å². The molecule has 1 N–H and O–H groups in total. The first-order chi connectivity index (χ1) is 12.3. The van der Waals surface area contributed by atoms with Crippen LogP contribution in [0.3, 0.4) is 0 Å². The number of carbonyl (C=O) groups excluding carboxylic acids is 1. The van der Waals surface area contributed by atoms with Crippen LogP contribution < -0.4 is 10.2 Å². The Balaban J connectivity index is 1.74. The van der Waals surface area contributed by atoms with Crippen LogP contribution in [0.1, 0.15) is 75.1 Å². The molecule has 1 aliphatic heterocycles. The van der Waals surface area contributed by atoms with Gasteiger partial charge in [-0.2, -0.15) is 0 Å². The van der Waals surface area contributed by atoms with Crippen LogP contribution in [0, 0.1) is 0 Å². The molecule has 4 nitrogen and oxygen atoms in total. The lowest BCUT2D eigenvalue weighted by Crippen LogP contribution is -2.36. The van der Waals surface area contributed by atoms with Crippen molar-refractivity contribution in [1.82, 2.24) is 10.3 Å². The van der Waals surface area contributed by atoms with Crippen LogP contribution in [0.2, 0.25) is 0 Å². The van der Waals surface area contributed by atoms with E-state index in [0.29, 0.717) is 6.04 Å². The molecule has 2 fully saturated rings. The molecule has 1 aromatic heterocycles. The number of carbonyl (C=O) groups is 1. The highest BCUT2D eigenvalue weighted by molar-refractivity contribution is 7.99. The van der Waals surface area contributed by atoms with Crippen LogP contribution in [0.4, 0.5) is 5.82 Å². The molecular formula is C20H31N3OS. The van der Waals surface area contributed by atoms with E-state index in [-0.39, 0.29) is 5.91 Å². The van der Waals surface area contributed by atoms with E-state index in [1.54, 1.807) is 11.8 Å². The fraction of sp³-hybridized carbons (Fsp3) is 0.700. The van der Waals surface area contributed by atoms with Crippen molar-refractivity contribution in [3.8, 4) is 0 Å². The van der Waals surface area contributed by atoms with Crippen molar-refractivity contribution in [2.45, 2.75) is 75.8 Å². The highest BCUT2D eigenvalue weighted by Gasteiger charge is 2.21. The Labute approximate surface area is 156 Å². The zero-order chi connectivity index (χ0) is 17.5. The maximum Gasteiger partial charge on any atom is 0.254 e. The first-order valence-electron chi connectivity index (χ1n) is 9.97. The van der Waals surface area contributed by atoms with Gasteiger partial charge in [-0.05, 0) is 56.4 Å². The highest BCUT2D eigenvalue weighted by atomic mass is 32.2. The summed E-state index contributed by atoms with van der Waals surface area (Å²) in [5.74, 6) is 2.09. The number of piperidine rings is 1. The molecule has 0 bridgehead atoms. The van der Waals surface area contributed by atoms with Crippen molar-refractivity contribution in [1.29, 1.82) is 0 Å². The van der Waals surface area contributed by atoms with Crippen LogP contribution in [0.15, 0.2) is 17.2 Å². The summed E-state index contributed by atoms with van der Waals surface area (Å²) < 4.78 is 0. The second-order valence-corrected chi connectivity index (χ2v) is 8.31. The van der Waals surface area contributed by atoms with Crippen LogP contribution >= 0.6 is 11.8 Å². The fourth-order valence-electron chi connectivity index (χ4n) is 3.72. The number of nitrogens with zero attached hydrogens (tertiary/aromatic N) is 2. The first kappa shape index (κ1) is 18.6. The average molecular weight is 362 g/mol. The van der Waals surface area contributed by atoms with Gasteiger partial charge in [0.15, 0.2) is 0 Å². The van der Waals surface area contributed by atoms with Gasteiger partial charge in [-0.1, -0.05) is 26.2 Å². The molecule has 0 unspecified atom stereocenters. The topological polar surface area (TPSA) is 45.2 Å². The summed E-state index contributed by atoms with van der Waals surface area (Å²) in [6.07, 6.45) is 10.9. The van der Waals surface area contributed by atoms with Gasteiger partial charge in [0.25, 0.3) is 5.91 Å². The summed E-state index contributed by atoms with van der Waals surface area (Å²) in [6, 6.07) is 4.37. The Morgan fingerprint density at radius 2 is 1.88 bits per heavy atom. The van der Waals surface area contributed by atoms with Gasteiger partial charge in [-0.3, -0.25) is 4.79 Å². The molecule has 1 aliphatic carbocycles. The third kappa shape index (κ3) is 5.13. The molecule has 1 saturated carbocycles. The van der Waals surface area contributed by atoms with Crippen LogP contribution in [0.5, 0.6) is 0 Å². The smallest absolute Gasteiger partial charge is 0.254 e. The molecule has 3 rings (SSSR count). The van der Waals surface area contributed by atoms with Crippen molar-refractivity contribution < 1.29 is 4.79 Å². The van der Waals surface area contributed by atoms with E-state index in [4.69, 9.17) is 4.98 Å². The van der Waals surface area contributed by atoms with Crippen LogP contribution in [-0.4, -0.2) is 35.8 Å². The van der Waals surface area contributed by atoms with E-state index in [1.807, 2.05) is 12.1 Å². The summed E-state index contributed by atoms with van der Waals surface area (Å²) in [6.45, 7) is 4.33. The van der Waals surface area contributed by atoms with Crippen LogP contribution in [0.25, 0.3) is 0 Å². The minimum absolute atomic E-state index is 0.0585. The second kappa shape index (κ2) is 9.46. The van der Waals surface area contributed by atoms with E-state index >= 15 is 0 Å². The van der Waals surface area contributed by atoms with E-state index in [0.717, 1.165) is 54.5 Å². The molecule has 5 heteroatoms. The summed E-state index contributed by atoms with van der Waals surface area (Å²) >= 11 is 1.72. The average Bonchev–Trinajstić information content (AvgIpc) is 2.67. The van der Waals surface area contributed by atoms with Gasteiger partial charge in [0.05, 0.1) is 5.56 Å². The lowest BCUT2D eigenvalue weighted by Gasteiger charge is -2.28. The maximum absolute atomic E-state index is 12.8. The molecule has 1 amide bonds. The Morgan fingerprint density at radius 1 is 1.16 bits per heavy atom. The van der Waals surface area contributed by atoms with Crippen molar-refractivity contribution >= 4 is 23.5 Å². The van der Waals surface area contributed by atoms with Crippen molar-refractivity contribution in [2.75, 3.05) is 23.7 Å². The highest BCUT2D eigenvalue weighted by Crippen LogP contribution is 2.27. The molecule has 2 aliphatic rings. The zero-order valence-electron chi connectivity index (χ0n) is 15.4.